The second kappa shape index (κ2) is 9.24. The summed E-state index contributed by atoms with van der Waals surface area (Å²) in [5, 5.41) is 0.636. The number of fused-ring (bicyclic) bond motifs is 1. The number of aryl methyl sites for hydroxylation is 1. The predicted octanol–water partition coefficient (Wildman–Crippen LogP) is 4.08. The van der Waals surface area contributed by atoms with E-state index in [1.165, 1.54) is 10.6 Å². The normalized spacial score (nSPS) is 16.0. The van der Waals surface area contributed by atoms with Crippen LogP contribution >= 0.6 is 11.6 Å². The van der Waals surface area contributed by atoms with E-state index in [1.54, 1.807) is 45.5 Å². The predicted molar refractivity (Wildman–Crippen MR) is 132 cm³/mol. The van der Waals surface area contributed by atoms with Crippen LogP contribution < -0.4 is 15.2 Å². The van der Waals surface area contributed by atoms with E-state index in [4.69, 9.17) is 26.1 Å². The number of hydrogen-bond donors (Lipinski definition) is 0. The summed E-state index contributed by atoms with van der Waals surface area (Å²) < 4.78 is 27.7. The lowest BCUT2D eigenvalue weighted by atomic mass is 10.1. The van der Waals surface area contributed by atoms with E-state index in [9.17, 15) is 9.18 Å². The summed E-state index contributed by atoms with van der Waals surface area (Å²) in [7, 11) is 3.22. The summed E-state index contributed by atoms with van der Waals surface area (Å²) in [4.78, 5) is 28.7. The van der Waals surface area contributed by atoms with Gasteiger partial charge in [-0.2, -0.15) is 0 Å². The van der Waals surface area contributed by atoms with Crippen LogP contribution in [0.4, 0.5) is 10.2 Å². The summed E-state index contributed by atoms with van der Waals surface area (Å²) >= 11 is 5.98. The lowest BCUT2D eigenvalue weighted by Crippen LogP contribution is -2.39. The van der Waals surface area contributed by atoms with Crippen molar-refractivity contribution in [3.05, 3.63) is 75.2 Å². The van der Waals surface area contributed by atoms with Crippen molar-refractivity contribution in [1.29, 1.82) is 0 Å². The van der Waals surface area contributed by atoms with Gasteiger partial charge in [-0.05, 0) is 42.8 Å². The average Bonchev–Trinajstić information content (AvgIpc) is 2.87. The molecule has 1 saturated heterocycles. The average molecular weight is 496 g/mol. The number of ether oxygens (including phenoxy) is 2. The molecule has 10 heteroatoms. The number of pyridine rings is 2. The summed E-state index contributed by atoms with van der Waals surface area (Å²) in [6, 6.07) is 9.81. The number of aromatic nitrogens is 4. The summed E-state index contributed by atoms with van der Waals surface area (Å²) in [5.41, 5.74) is 1.56. The molecule has 1 aliphatic rings. The first-order valence-electron chi connectivity index (χ1n) is 11.1. The molecule has 180 valence electrons. The number of methoxy groups -OCH3 is 1. The van der Waals surface area contributed by atoms with Crippen molar-refractivity contribution in [1.82, 2.24) is 19.5 Å². The highest BCUT2D eigenvalue weighted by atomic mass is 35.5. The fourth-order valence-corrected chi connectivity index (χ4v) is 4.35. The molecule has 0 saturated carbocycles. The number of nitrogens with zero attached hydrogens (tertiary/aromatic N) is 5. The summed E-state index contributed by atoms with van der Waals surface area (Å²) in [5.74, 6) is 1.01. The van der Waals surface area contributed by atoms with Gasteiger partial charge in [0.1, 0.15) is 34.8 Å². The fourth-order valence-electron chi connectivity index (χ4n) is 4.19. The maximum absolute atomic E-state index is 15.0. The number of rotatable bonds is 4. The third-order valence-corrected chi connectivity index (χ3v) is 6.42. The molecule has 0 radical (unpaired) electrons. The fraction of sp³-hybridized carbons (Fsp3) is 0.280. The molecule has 8 nitrogen and oxygen atoms in total. The van der Waals surface area contributed by atoms with Gasteiger partial charge in [0.25, 0.3) is 5.56 Å². The van der Waals surface area contributed by atoms with Crippen molar-refractivity contribution in [2.75, 3.05) is 31.7 Å². The molecule has 0 spiro atoms. The molecular weight excluding hydrogens is 473 g/mol. The lowest BCUT2D eigenvalue weighted by molar-refractivity contribution is 0.0393. The van der Waals surface area contributed by atoms with Gasteiger partial charge in [0.05, 0.1) is 19.1 Å². The maximum atomic E-state index is 15.0. The Morgan fingerprint density at radius 1 is 1.20 bits per heavy atom. The van der Waals surface area contributed by atoms with Gasteiger partial charge in [0.15, 0.2) is 0 Å². The Kier molecular flexibility index (Phi) is 6.12. The van der Waals surface area contributed by atoms with Crippen molar-refractivity contribution in [2.45, 2.75) is 13.0 Å². The Bertz CT molecular complexity index is 1490. The quantitative estimate of drug-likeness (QED) is 0.422. The second-order valence-electron chi connectivity index (χ2n) is 8.31. The van der Waals surface area contributed by atoms with Crippen LogP contribution in [-0.4, -0.2) is 46.3 Å². The molecule has 3 aromatic heterocycles. The van der Waals surface area contributed by atoms with Crippen molar-refractivity contribution in [2.24, 2.45) is 7.05 Å². The van der Waals surface area contributed by atoms with Crippen LogP contribution in [0, 0.1) is 12.7 Å². The SMILES string of the molecule is COc1cc([C@@H]2CN(c3cc4c(=O)n(C)c(C)nc4c(-c4ccc(Cl)cc4F)n3)CCO2)ccn1. The highest BCUT2D eigenvalue weighted by molar-refractivity contribution is 6.30. The van der Waals surface area contributed by atoms with E-state index in [0.29, 0.717) is 53.8 Å². The number of anilines is 1. The minimum absolute atomic E-state index is 0.226. The van der Waals surface area contributed by atoms with Crippen LogP contribution in [0.15, 0.2) is 47.4 Å². The van der Waals surface area contributed by atoms with Gasteiger partial charge in [-0.15, -0.1) is 0 Å². The van der Waals surface area contributed by atoms with Crippen molar-refractivity contribution >= 4 is 28.3 Å². The molecule has 35 heavy (non-hydrogen) atoms. The highest BCUT2D eigenvalue weighted by Crippen LogP contribution is 2.33. The van der Waals surface area contributed by atoms with E-state index in [2.05, 4.69) is 9.97 Å². The molecule has 0 aliphatic carbocycles. The van der Waals surface area contributed by atoms with E-state index in [1.807, 2.05) is 17.0 Å². The largest absolute Gasteiger partial charge is 0.481 e. The minimum Gasteiger partial charge on any atom is -0.481 e. The molecule has 1 aliphatic heterocycles. The third kappa shape index (κ3) is 4.33. The van der Waals surface area contributed by atoms with Crippen LogP contribution in [0.5, 0.6) is 5.88 Å². The molecule has 1 fully saturated rings. The van der Waals surface area contributed by atoms with Crippen LogP contribution in [0.3, 0.4) is 0 Å². The molecule has 4 heterocycles. The van der Waals surface area contributed by atoms with Crippen molar-refractivity contribution in [3.63, 3.8) is 0 Å². The zero-order chi connectivity index (χ0) is 24.7. The Morgan fingerprint density at radius 2 is 2.03 bits per heavy atom. The topological polar surface area (TPSA) is 82.4 Å². The number of hydrogen-bond acceptors (Lipinski definition) is 7. The van der Waals surface area contributed by atoms with E-state index in [-0.39, 0.29) is 22.2 Å². The molecule has 0 N–H and O–H groups in total. The van der Waals surface area contributed by atoms with Crippen LogP contribution in [-0.2, 0) is 11.8 Å². The standard InChI is InChI=1S/C25H23ClFN5O3/c1-14-29-24-18(25(33)31(14)2)12-21(30-23(24)17-5-4-16(26)11-19(17)27)32-8-9-35-20(13-32)15-6-7-28-22(10-15)34-3/h4-7,10-12,20H,8-9,13H2,1-3H3/t20-/m0/s1. The first-order valence-corrected chi connectivity index (χ1v) is 11.4. The smallest absolute Gasteiger partial charge is 0.261 e. The summed E-state index contributed by atoms with van der Waals surface area (Å²) in [6.45, 7) is 3.21. The maximum Gasteiger partial charge on any atom is 0.261 e. The second-order valence-corrected chi connectivity index (χ2v) is 8.75. The van der Waals surface area contributed by atoms with Crippen molar-refractivity contribution < 1.29 is 13.9 Å². The van der Waals surface area contributed by atoms with Gasteiger partial charge in [-0.1, -0.05) is 11.6 Å². The molecular formula is C25H23ClFN5O3. The van der Waals surface area contributed by atoms with Crippen LogP contribution in [0.2, 0.25) is 5.02 Å². The monoisotopic (exact) mass is 495 g/mol. The highest BCUT2D eigenvalue weighted by Gasteiger charge is 2.26. The number of halogens is 2. The molecule has 1 aromatic carbocycles. The molecule has 4 aromatic rings. The molecule has 1 atom stereocenters. The van der Waals surface area contributed by atoms with E-state index >= 15 is 0 Å². The van der Waals surface area contributed by atoms with Gasteiger partial charge >= 0.3 is 0 Å². The van der Waals surface area contributed by atoms with Gasteiger partial charge in [0, 0.05) is 43.0 Å². The Labute approximate surface area is 205 Å². The lowest BCUT2D eigenvalue weighted by Gasteiger charge is -2.34. The van der Waals surface area contributed by atoms with Gasteiger partial charge in [0.2, 0.25) is 5.88 Å². The molecule has 0 unspecified atom stereocenters. The third-order valence-electron chi connectivity index (χ3n) is 6.19. The Hall–Kier alpha value is -3.56. The Morgan fingerprint density at radius 3 is 2.80 bits per heavy atom. The van der Waals surface area contributed by atoms with E-state index < -0.39 is 5.82 Å². The molecule has 0 bridgehead atoms. The van der Waals surface area contributed by atoms with Crippen LogP contribution in [0.1, 0.15) is 17.5 Å². The summed E-state index contributed by atoms with van der Waals surface area (Å²) in [6.07, 6.45) is 1.41. The Balaban J connectivity index is 1.64. The van der Waals surface area contributed by atoms with Crippen molar-refractivity contribution in [3.8, 4) is 17.1 Å². The first kappa shape index (κ1) is 23.2. The van der Waals surface area contributed by atoms with E-state index in [0.717, 1.165) is 5.56 Å². The molecule has 5 rings (SSSR count). The first-order chi connectivity index (χ1) is 16.9. The molecule has 0 amide bonds. The minimum atomic E-state index is -0.535. The van der Waals surface area contributed by atoms with Gasteiger partial charge in [-0.25, -0.2) is 19.3 Å². The zero-order valence-electron chi connectivity index (χ0n) is 19.5. The zero-order valence-corrected chi connectivity index (χ0v) is 20.2. The number of morpholine rings is 1. The van der Waals surface area contributed by atoms with Crippen LogP contribution in [0.25, 0.3) is 22.2 Å². The van der Waals surface area contributed by atoms with Gasteiger partial charge < -0.3 is 14.4 Å². The number of benzene rings is 1. The van der Waals surface area contributed by atoms with Gasteiger partial charge in [-0.3, -0.25) is 9.36 Å².